The Morgan fingerprint density at radius 3 is 2.96 bits per heavy atom. The summed E-state index contributed by atoms with van der Waals surface area (Å²) >= 11 is 1.42. The lowest BCUT2D eigenvalue weighted by Gasteiger charge is -2.26. The summed E-state index contributed by atoms with van der Waals surface area (Å²) in [4.78, 5) is 19.8. The van der Waals surface area contributed by atoms with E-state index < -0.39 is 6.10 Å². The molecular formula is C18H22N2O2S. The fourth-order valence-corrected chi connectivity index (χ4v) is 4.08. The molecule has 0 aliphatic carbocycles. The number of carbonyl (C=O) groups is 1. The maximum atomic E-state index is 12.8. The van der Waals surface area contributed by atoms with Gasteiger partial charge in [-0.15, -0.1) is 11.3 Å². The van der Waals surface area contributed by atoms with E-state index in [0.717, 1.165) is 41.9 Å². The zero-order valence-electron chi connectivity index (χ0n) is 13.3. The van der Waals surface area contributed by atoms with Gasteiger partial charge in [0.05, 0.1) is 17.3 Å². The summed E-state index contributed by atoms with van der Waals surface area (Å²) in [7, 11) is 0. The summed E-state index contributed by atoms with van der Waals surface area (Å²) in [5.74, 6) is 0.0760. The van der Waals surface area contributed by atoms with Crippen molar-refractivity contribution in [1.82, 2.24) is 9.88 Å². The van der Waals surface area contributed by atoms with E-state index in [2.05, 4.69) is 4.98 Å². The second-order valence-corrected chi connectivity index (χ2v) is 6.79. The van der Waals surface area contributed by atoms with Crippen LogP contribution in [0.5, 0.6) is 0 Å². The van der Waals surface area contributed by atoms with Gasteiger partial charge < -0.3 is 10.0 Å². The van der Waals surface area contributed by atoms with Crippen LogP contribution in [0.4, 0.5) is 0 Å². The van der Waals surface area contributed by atoms with Crippen molar-refractivity contribution < 1.29 is 9.90 Å². The quantitative estimate of drug-likeness (QED) is 0.914. The van der Waals surface area contributed by atoms with Gasteiger partial charge in [-0.3, -0.25) is 4.79 Å². The van der Waals surface area contributed by atoms with E-state index in [1.165, 1.54) is 11.3 Å². The van der Waals surface area contributed by atoms with Crippen LogP contribution < -0.4 is 0 Å². The zero-order chi connectivity index (χ0) is 16.2. The highest BCUT2D eigenvalue weighted by Gasteiger charge is 2.32. The molecule has 122 valence electrons. The molecule has 1 amide bonds. The molecule has 1 saturated heterocycles. The van der Waals surface area contributed by atoms with E-state index in [9.17, 15) is 9.90 Å². The molecule has 2 aromatic rings. The number of thiazole rings is 1. The van der Waals surface area contributed by atoms with Crippen molar-refractivity contribution in [2.75, 3.05) is 6.54 Å². The SMILES string of the molecule is CCc1ncsc1C(=O)N1CCCC1CC(O)c1ccccc1. The molecule has 23 heavy (non-hydrogen) atoms. The van der Waals surface area contributed by atoms with Gasteiger partial charge in [-0.05, 0) is 31.2 Å². The van der Waals surface area contributed by atoms with Gasteiger partial charge in [0.15, 0.2) is 0 Å². The number of hydrogen-bond donors (Lipinski definition) is 1. The molecule has 5 heteroatoms. The predicted molar refractivity (Wildman–Crippen MR) is 91.6 cm³/mol. The lowest BCUT2D eigenvalue weighted by atomic mass is 10.0. The van der Waals surface area contributed by atoms with Gasteiger partial charge in [0.1, 0.15) is 4.88 Å². The third kappa shape index (κ3) is 3.46. The number of aryl methyl sites for hydroxylation is 1. The van der Waals surface area contributed by atoms with Gasteiger partial charge in [-0.2, -0.15) is 0 Å². The minimum atomic E-state index is -0.526. The van der Waals surface area contributed by atoms with E-state index in [4.69, 9.17) is 0 Å². The Balaban J connectivity index is 1.72. The van der Waals surface area contributed by atoms with E-state index in [1.807, 2.05) is 42.2 Å². The first kappa shape index (κ1) is 16.1. The van der Waals surface area contributed by atoms with Crippen LogP contribution in [0.15, 0.2) is 35.8 Å². The second kappa shape index (κ2) is 7.23. The van der Waals surface area contributed by atoms with E-state index in [-0.39, 0.29) is 11.9 Å². The Morgan fingerprint density at radius 2 is 2.22 bits per heavy atom. The summed E-state index contributed by atoms with van der Waals surface area (Å²) in [5.41, 5.74) is 3.55. The molecule has 0 radical (unpaired) electrons. The van der Waals surface area contributed by atoms with E-state index in [1.54, 1.807) is 5.51 Å². The summed E-state index contributed by atoms with van der Waals surface area (Å²) < 4.78 is 0. The number of nitrogens with zero attached hydrogens (tertiary/aromatic N) is 2. The zero-order valence-corrected chi connectivity index (χ0v) is 14.1. The van der Waals surface area contributed by atoms with Crippen LogP contribution in [0, 0.1) is 0 Å². The van der Waals surface area contributed by atoms with Crippen molar-refractivity contribution >= 4 is 17.2 Å². The van der Waals surface area contributed by atoms with Crippen molar-refractivity contribution in [3.63, 3.8) is 0 Å². The van der Waals surface area contributed by atoms with Crippen LogP contribution >= 0.6 is 11.3 Å². The molecule has 2 unspecified atom stereocenters. The van der Waals surface area contributed by atoms with Crippen molar-refractivity contribution in [3.05, 3.63) is 52.0 Å². The second-order valence-electron chi connectivity index (χ2n) is 5.94. The Labute approximate surface area is 140 Å². The van der Waals surface area contributed by atoms with Gasteiger partial charge in [0.2, 0.25) is 0 Å². The van der Waals surface area contributed by atoms with Gasteiger partial charge in [-0.1, -0.05) is 37.3 Å². The van der Waals surface area contributed by atoms with Crippen molar-refractivity contribution in [1.29, 1.82) is 0 Å². The van der Waals surface area contributed by atoms with Gasteiger partial charge in [0, 0.05) is 12.6 Å². The molecule has 2 atom stereocenters. The highest BCUT2D eigenvalue weighted by atomic mass is 32.1. The normalized spacial score (nSPS) is 19.0. The molecule has 1 fully saturated rings. The fourth-order valence-electron chi connectivity index (χ4n) is 3.24. The van der Waals surface area contributed by atoms with Crippen LogP contribution in [0.25, 0.3) is 0 Å². The van der Waals surface area contributed by atoms with Crippen molar-refractivity contribution in [2.45, 2.75) is 44.8 Å². The highest BCUT2D eigenvalue weighted by molar-refractivity contribution is 7.11. The van der Waals surface area contributed by atoms with Crippen LogP contribution in [0.1, 0.15) is 53.2 Å². The van der Waals surface area contributed by atoms with E-state index >= 15 is 0 Å². The van der Waals surface area contributed by atoms with Gasteiger partial charge in [0.25, 0.3) is 5.91 Å². The Kier molecular flexibility index (Phi) is 5.08. The molecular weight excluding hydrogens is 308 g/mol. The molecule has 0 spiro atoms. The topological polar surface area (TPSA) is 53.4 Å². The minimum Gasteiger partial charge on any atom is -0.388 e. The summed E-state index contributed by atoms with van der Waals surface area (Å²) in [5, 5.41) is 10.5. The first-order valence-electron chi connectivity index (χ1n) is 8.17. The van der Waals surface area contributed by atoms with Crippen molar-refractivity contribution in [3.8, 4) is 0 Å². The standard InChI is InChI=1S/C18H22N2O2S/c1-2-15-17(23-12-19-15)18(22)20-10-6-9-14(20)11-16(21)13-7-4-3-5-8-13/h3-5,7-8,12,14,16,21H,2,6,9-11H2,1H3. The fraction of sp³-hybridized carbons (Fsp3) is 0.444. The van der Waals surface area contributed by atoms with Crippen LogP contribution in [0.2, 0.25) is 0 Å². The number of aliphatic hydroxyl groups is 1. The number of hydrogen-bond acceptors (Lipinski definition) is 4. The number of amides is 1. The largest absolute Gasteiger partial charge is 0.388 e. The highest BCUT2D eigenvalue weighted by Crippen LogP contribution is 2.30. The van der Waals surface area contributed by atoms with Gasteiger partial charge >= 0.3 is 0 Å². The van der Waals surface area contributed by atoms with Crippen LogP contribution in [0.3, 0.4) is 0 Å². The predicted octanol–water partition coefficient (Wildman–Crippen LogP) is 3.43. The Hall–Kier alpha value is -1.72. The van der Waals surface area contributed by atoms with E-state index in [0.29, 0.717) is 6.42 Å². The number of rotatable bonds is 5. The summed E-state index contributed by atoms with van der Waals surface area (Å²) in [6.45, 7) is 2.79. The molecule has 0 saturated carbocycles. The average molecular weight is 330 g/mol. The number of likely N-dealkylation sites (tertiary alicyclic amines) is 1. The maximum Gasteiger partial charge on any atom is 0.266 e. The lowest BCUT2D eigenvalue weighted by Crippen LogP contribution is -2.36. The smallest absolute Gasteiger partial charge is 0.266 e. The van der Waals surface area contributed by atoms with Crippen LogP contribution in [-0.4, -0.2) is 33.5 Å². The minimum absolute atomic E-state index is 0.0760. The molecule has 4 nitrogen and oxygen atoms in total. The molecule has 1 aliphatic heterocycles. The lowest BCUT2D eigenvalue weighted by molar-refractivity contribution is 0.0670. The number of aromatic nitrogens is 1. The monoisotopic (exact) mass is 330 g/mol. The molecule has 0 bridgehead atoms. The number of benzene rings is 1. The van der Waals surface area contributed by atoms with Crippen molar-refractivity contribution in [2.24, 2.45) is 0 Å². The molecule has 1 aromatic carbocycles. The third-order valence-corrected chi connectivity index (χ3v) is 5.34. The summed E-state index contributed by atoms with van der Waals surface area (Å²) in [6.07, 6.45) is 2.79. The Morgan fingerprint density at radius 1 is 1.43 bits per heavy atom. The molecule has 1 aromatic heterocycles. The van der Waals surface area contributed by atoms with Crippen LogP contribution in [-0.2, 0) is 6.42 Å². The van der Waals surface area contributed by atoms with Gasteiger partial charge in [-0.25, -0.2) is 4.98 Å². The molecule has 2 heterocycles. The maximum absolute atomic E-state index is 12.8. The number of aliphatic hydroxyl groups excluding tert-OH is 1. The average Bonchev–Trinajstić information content (AvgIpc) is 3.24. The first-order chi connectivity index (χ1) is 11.2. The molecule has 1 aliphatic rings. The summed E-state index contributed by atoms with van der Waals surface area (Å²) in [6, 6.07) is 9.78. The third-order valence-electron chi connectivity index (χ3n) is 4.49. The molecule has 3 rings (SSSR count). The Bertz CT molecular complexity index is 656. The number of carbonyl (C=O) groups excluding carboxylic acids is 1. The first-order valence-corrected chi connectivity index (χ1v) is 9.05. The molecule has 1 N–H and O–H groups in total.